The average molecular weight is 405 g/mol. The Morgan fingerprint density at radius 1 is 0.966 bits per heavy atom. The molecular formula is C22H28FNO5. The number of benzene rings is 2. The average Bonchev–Trinajstić information content (AvgIpc) is 2.77. The third-order valence-electron chi connectivity index (χ3n) is 4.98. The number of hydrogen-bond donors (Lipinski definition) is 0. The van der Waals surface area contributed by atoms with Gasteiger partial charge in [-0.05, 0) is 29.8 Å². The Morgan fingerprint density at radius 3 is 2.21 bits per heavy atom. The largest absolute Gasteiger partial charge is 0.493 e. The first-order valence-corrected chi connectivity index (χ1v) is 9.67. The minimum absolute atomic E-state index is 0.216. The number of methoxy groups -OCH3 is 3. The van der Waals surface area contributed by atoms with Gasteiger partial charge < -0.3 is 23.7 Å². The van der Waals surface area contributed by atoms with Crippen LogP contribution in [0.3, 0.4) is 0 Å². The van der Waals surface area contributed by atoms with Crippen LogP contribution in [-0.2, 0) is 4.74 Å². The van der Waals surface area contributed by atoms with Crippen molar-refractivity contribution in [3.8, 4) is 23.0 Å². The smallest absolute Gasteiger partial charge is 0.203 e. The van der Waals surface area contributed by atoms with Gasteiger partial charge in [-0.2, -0.15) is 0 Å². The van der Waals surface area contributed by atoms with Crippen molar-refractivity contribution in [1.82, 2.24) is 4.90 Å². The van der Waals surface area contributed by atoms with E-state index in [9.17, 15) is 4.39 Å². The van der Waals surface area contributed by atoms with Gasteiger partial charge in [-0.3, -0.25) is 4.90 Å². The molecular weight excluding hydrogens is 377 g/mol. The van der Waals surface area contributed by atoms with Crippen LogP contribution in [0.1, 0.15) is 18.1 Å². The van der Waals surface area contributed by atoms with Gasteiger partial charge in [-0.1, -0.05) is 12.1 Å². The monoisotopic (exact) mass is 405 g/mol. The van der Waals surface area contributed by atoms with E-state index in [-0.39, 0.29) is 11.9 Å². The van der Waals surface area contributed by atoms with Gasteiger partial charge in [-0.15, -0.1) is 0 Å². The lowest BCUT2D eigenvalue weighted by Gasteiger charge is -2.29. The molecule has 1 fully saturated rings. The highest BCUT2D eigenvalue weighted by atomic mass is 19.1. The number of rotatable bonds is 9. The molecule has 0 bridgehead atoms. The molecule has 2 aromatic rings. The fraction of sp³-hybridized carbons (Fsp3) is 0.455. The summed E-state index contributed by atoms with van der Waals surface area (Å²) in [6, 6.07) is 10.1. The first-order chi connectivity index (χ1) is 14.2. The molecule has 0 aliphatic carbocycles. The van der Waals surface area contributed by atoms with Crippen molar-refractivity contribution in [3.63, 3.8) is 0 Å². The van der Waals surface area contributed by atoms with Crippen molar-refractivity contribution < 1.29 is 28.1 Å². The predicted molar refractivity (Wildman–Crippen MR) is 108 cm³/mol. The van der Waals surface area contributed by atoms with Crippen LogP contribution in [0.15, 0.2) is 36.4 Å². The van der Waals surface area contributed by atoms with Crippen molar-refractivity contribution in [1.29, 1.82) is 0 Å². The van der Waals surface area contributed by atoms with E-state index in [2.05, 4.69) is 4.90 Å². The predicted octanol–water partition coefficient (Wildman–Crippen LogP) is 3.69. The van der Waals surface area contributed by atoms with Crippen molar-refractivity contribution in [2.45, 2.75) is 12.5 Å². The van der Waals surface area contributed by atoms with E-state index in [4.69, 9.17) is 23.7 Å². The van der Waals surface area contributed by atoms with Crippen molar-refractivity contribution >= 4 is 0 Å². The molecule has 1 heterocycles. The van der Waals surface area contributed by atoms with Crippen LogP contribution in [0.5, 0.6) is 23.0 Å². The lowest BCUT2D eigenvalue weighted by molar-refractivity contribution is 0.0315. The summed E-state index contributed by atoms with van der Waals surface area (Å²) < 4.78 is 42.1. The number of halogens is 1. The van der Waals surface area contributed by atoms with Gasteiger partial charge in [-0.25, -0.2) is 4.39 Å². The normalized spacial score (nSPS) is 15.6. The van der Waals surface area contributed by atoms with E-state index >= 15 is 0 Å². The molecule has 6 nitrogen and oxygen atoms in total. The van der Waals surface area contributed by atoms with Gasteiger partial charge in [0.25, 0.3) is 0 Å². The molecule has 1 saturated heterocycles. The summed E-state index contributed by atoms with van der Waals surface area (Å²) in [5, 5.41) is 0. The highest BCUT2D eigenvalue weighted by Gasteiger charge is 2.22. The molecule has 0 radical (unpaired) electrons. The lowest BCUT2D eigenvalue weighted by atomic mass is 10.0. The van der Waals surface area contributed by atoms with Crippen LogP contribution in [0.2, 0.25) is 0 Å². The van der Waals surface area contributed by atoms with Gasteiger partial charge >= 0.3 is 0 Å². The standard InChI is InChI=1S/C22H28FNO5/c1-25-20-14-16(15-21(26-2)22(20)27-3)18(8-9-24-10-12-28-13-11-24)29-19-7-5-4-6-17(19)23/h4-7,14-15,18H,8-13H2,1-3H3. The zero-order valence-electron chi connectivity index (χ0n) is 17.2. The van der Waals surface area contributed by atoms with Crippen LogP contribution < -0.4 is 18.9 Å². The molecule has 7 heteroatoms. The zero-order valence-corrected chi connectivity index (χ0v) is 17.2. The molecule has 2 aromatic carbocycles. The van der Waals surface area contributed by atoms with E-state index in [0.717, 1.165) is 38.4 Å². The molecule has 0 spiro atoms. The maximum atomic E-state index is 14.2. The molecule has 1 unspecified atom stereocenters. The van der Waals surface area contributed by atoms with Gasteiger partial charge in [0, 0.05) is 26.1 Å². The fourth-order valence-electron chi connectivity index (χ4n) is 3.40. The second-order valence-corrected chi connectivity index (χ2v) is 6.74. The third-order valence-corrected chi connectivity index (χ3v) is 4.98. The molecule has 3 rings (SSSR count). The fourth-order valence-corrected chi connectivity index (χ4v) is 3.40. The molecule has 0 N–H and O–H groups in total. The van der Waals surface area contributed by atoms with Gasteiger partial charge in [0.1, 0.15) is 6.10 Å². The molecule has 29 heavy (non-hydrogen) atoms. The maximum absolute atomic E-state index is 14.2. The summed E-state index contributed by atoms with van der Waals surface area (Å²) in [4.78, 5) is 2.32. The van der Waals surface area contributed by atoms with E-state index in [1.54, 1.807) is 39.5 Å². The van der Waals surface area contributed by atoms with Crippen LogP contribution in [0.4, 0.5) is 4.39 Å². The summed E-state index contributed by atoms with van der Waals surface area (Å²) in [5.41, 5.74) is 0.830. The minimum Gasteiger partial charge on any atom is -0.493 e. The summed E-state index contributed by atoms with van der Waals surface area (Å²) in [6.07, 6.45) is 0.288. The number of hydrogen-bond acceptors (Lipinski definition) is 6. The van der Waals surface area contributed by atoms with Crippen LogP contribution in [0, 0.1) is 5.82 Å². The number of ether oxygens (including phenoxy) is 5. The molecule has 1 aliphatic rings. The summed E-state index contributed by atoms with van der Waals surface area (Å²) >= 11 is 0. The Kier molecular flexibility index (Phi) is 7.55. The van der Waals surface area contributed by atoms with Gasteiger partial charge in [0.15, 0.2) is 23.1 Å². The molecule has 1 aliphatic heterocycles. The topological polar surface area (TPSA) is 49.4 Å². The van der Waals surface area contributed by atoms with Crippen molar-refractivity contribution in [2.24, 2.45) is 0 Å². The van der Waals surface area contributed by atoms with E-state index < -0.39 is 5.82 Å². The summed E-state index contributed by atoms with van der Waals surface area (Å²) in [6.45, 7) is 4.01. The highest BCUT2D eigenvalue weighted by molar-refractivity contribution is 5.54. The summed E-state index contributed by atoms with van der Waals surface area (Å²) in [7, 11) is 4.70. The third kappa shape index (κ3) is 5.31. The first-order valence-electron chi connectivity index (χ1n) is 9.67. The first kappa shape index (κ1) is 21.2. The highest BCUT2D eigenvalue weighted by Crippen LogP contribution is 2.41. The molecule has 0 amide bonds. The Labute approximate surface area is 171 Å². The van der Waals surface area contributed by atoms with Gasteiger partial charge in [0.2, 0.25) is 5.75 Å². The number of para-hydroxylation sites is 1. The van der Waals surface area contributed by atoms with Crippen LogP contribution in [-0.4, -0.2) is 59.1 Å². The Hall–Kier alpha value is -2.51. The quantitative estimate of drug-likeness (QED) is 0.634. The van der Waals surface area contributed by atoms with E-state index in [1.807, 2.05) is 12.1 Å². The second kappa shape index (κ2) is 10.3. The van der Waals surface area contributed by atoms with Crippen molar-refractivity contribution in [3.05, 3.63) is 47.8 Å². The van der Waals surface area contributed by atoms with Crippen LogP contribution in [0.25, 0.3) is 0 Å². The van der Waals surface area contributed by atoms with Gasteiger partial charge in [0.05, 0.1) is 34.5 Å². The zero-order chi connectivity index (χ0) is 20.6. The van der Waals surface area contributed by atoms with Crippen LogP contribution >= 0.6 is 0 Å². The van der Waals surface area contributed by atoms with E-state index in [0.29, 0.717) is 23.7 Å². The van der Waals surface area contributed by atoms with Crippen molar-refractivity contribution in [2.75, 3.05) is 54.2 Å². The molecule has 0 saturated carbocycles. The summed E-state index contributed by atoms with van der Waals surface area (Å²) in [5.74, 6) is 1.41. The molecule has 0 aromatic heterocycles. The number of nitrogens with zero attached hydrogens (tertiary/aromatic N) is 1. The maximum Gasteiger partial charge on any atom is 0.203 e. The Bertz CT molecular complexity index is 770. The Balaban J connectivity index is 1.89. The molecule has 158 valence electrons. The molecule has 1 atom stereocenters. The SMILES string of the molecule is COc1cc(C(CCN2CCOCC2)Oc2ccccc2F)cc(OC)c1OC. The number of morpholine rings is 1. The second-order valence-electron chi connectivity index (χ2n) is 6.74. The lowest BCUT2D eigenvalue weighted by Crippen LogP contribution is -2.37. The van der Waals surface area contributed by atoms with E-state index in [1.165, 1.54) is 6.07 Å². The Morgan fingerprint density at radius 2 is 1.62 bits per heavy atom. The minimum atomic E-state index is -0.392.